The lowest BCUT2D eigenvalue weighted by Gasteiger charge is -2.16. The quantitative estimate of drug-likeness (QED) is 0.260. The van der Waals surface area contributed by atoms with Crippen LogP contribution in [0.2, 0.25) is 5.02 Å². The van der Waals surface area contributed by atoms with E-state index in [1.54, 1.807) is 6.92 Å². The van der Waals surface area contributed by atoms with Crippen LogP contribution in [0.4, 0.5) is 5.69 Å². The van der Waals surface area contributed by atoms with E-state index in [0.717, 1.165) is 23.8 Å². The Morgan fingerprint density at radius 1 is 1.21 bits per heavy atom. The lowest BCUT2D eigenvalue weighted by Crippen LogP contribution is -2.30. The van der Waals surface area contributed by atoms with Crippen molar-refractivity contribution in [3.8, 4) is 0 Å². The van der Waals surface area contributed by atoms with Gasteiger partial charge in [-0.3, -0.25) is 14.3 Å². The monoisotopic (exact) mass is 427 g/mol. The Morgan fingerprint density at radius 2 is 1.89 bits per heavy atom. The second kappa shape index (κ2) is 9.63. The molecule has 0 aliphatic carbocycles. The Bertz CT molecular complexity index is 948. The first-order chi connectivity index (χ1) is 13.2. The van der Waals surface area contributed by atoms with Gasteiger partial charge in [-0.15, -0.1) is 0 Å². The molecule has 2 aromatic carbocycles. The third-order valence-electron chi connectivity index (χ3n) is 3.73. The molecule has 1 atom stereocenters. The Hall–Kier alpha value is -2.49. The fourth-order valence-electron chi connectivity index (χ4n) is 2.38. The molecule has 0 bridgehead atoms. The lowest BCUT2D eigenvalue weighted by atomic mass is 10.1. The van der Waals surface area contributed by atoms with E-state index < -0.39 is 37.7 Å². The zero-order valence-corrected chi connectivity index (χ0v) is 16.5. The molecule has 0 amide bonds. The van der Waals surface area contributed by atoms with Crippen LogP contribution < -0.4 is 0 Å². The van der Waals surface area contributed by atoms with Crippen LogP contribution in [0.3, 0.4) is 0 Å². The summed E-state index contributed by atoms with van der Waals surface area (Å²) in [6, 6.07) is 12.1. The van der Waals surface area contributed by atoms with Crippen LogP contribution in [0.5, 0.6) is 0 Å². The van der Waals surface area contributed by atoms with Gasteiger partial charge in [-0.05, 0) is 37.5 Å². The number of halogens is 1. The topological polar surface area (TPSA) is 113 Å². The average Bonchev–Trinajstić information content (AvgIpc) is 2.66. The van der Waals surface area contributed by atoms with Crippen LogP contribution in [0.15, 0.2) is 53.4 Å². The van der Waals surface area contributed by atoms with E-state index in [9.17, 15) is 23.3 Å². The zero-order chi connectivity index (χ0) is 20.7. The number of benzene rings is 2. The first-order valence-electron chi connectivity index (χ1n) is 8.32. The number of esters is 1. The van der Waals surface area contributed by atoms with E-state index in [2.05, 4.69) is 0 Å². The van der Waals surface area contributed by atoms with E-state index in [1.807, 2.05) is 30.3 Å². The number of hydrogen-bond acceptors (Lipinski definition) is 7. The maximum atomic E-state index is 12.6. The fraction of sp³-hybridized carbons (Fsp3) is 0.278. The predicted molar refractivity (Wildman–Crippen MR) is 102 cm³/mol. The standard InChI is InChI=1S/C18H18ClNO7S/c1-2-26-18(21)17(11-8-13-6-4-3-5-7-13)27-28(24,25)14-9-10-15(19)16(12-14)20(22)23/h3-7,9-10,12,17H,2,8,11H2,1H3/t17-/m1/s1. The normalized spacial score (nSPS) is 12.4. The maximum Gasteiger partial charge on any atom is 0.336 e. The van der Waals surface area contributed by atoms with Gasteiger partial charge in [0.15, 0.2) is 6.10 Å². The van der Waals surface area contributed by atoms with Crippen LogP contribution in [0.25, 0.3) is 0 Å². The Kier molecular flexibility index (Phi) is 7.50. The summed E-state index contributed by atoms with van der Waals surface area (Å²) in [5.41, 5.74) is 0.309. The van der Waals surface area contributed by atoms with Crippen molar-refractivity contribution in [1.82, 2.24) is 0 Å². The summed E-state index contributed by atoms with van der Waals surface area (Å²) in [7, 11) is -4.46. The minimum atomic E-state index is -4.46. The van der Waals surface area contributed by atoms with E-state index in [0.29, 0.717) is 6.42 Å². The molecule has 0 N–H and O–H groups in total. The van der Waals surface area contributed by atoms with E-state index in [1.165, 1.54) is 0 Å². The van der Waals surface area contributed by atoms with Gasteiger partial charge in [0.05, 0.1) is 11.5 Å². The molecular weight excluding hydrogens is 410 g/mol. The van der Waals surface area contributed by atoms with Crippen molar-refractivity contribution in [2.45, 2.75) is 30.8 Å². The van der Waals surface area contributed by atoms with Gasteiger partial charge >= 0.3 is 5.97 Å². The summed E-state index contributed by atoms with van der Waals surface area (Å²) in [5, 5.41) is 10.8. The third kappa shape index (κ3) is 5.75. The summed E-state index contributed by atoms with van der Waals surface area (Å²) in [6.45, 7) is 1.64. The number of ether oxygens (including phenoxy) is 1. The Labute approximate surface area is 167 Å². The number of carbonyl (C=O) groups is 1. The highest BCUT2D eigenvalue weighted by Gasteiger charge is 2.30. The molecule has 10 heteroatoms. The summed E-state index contributed by atoms with van der Waals surface area (Å²) >= 11 is 5.70. The van der Waals surface area contributed by atoms with Gasteiger partial charge in [0, 0.05) is 6.07 Å². The van der Waals surface area contributed by atoms with E-state index >= 15 is 0 Å². The van der Waals surface area contributed by atoms with Gasteiger partial charge < -0.3 is 4.74 Å². The van der Waals surface area contributed by atoms with E-state index in [4.69, 9.17) is 20.5 Å². The van der Waals surface area contributed by atoms with Crippen molar-refractivity contribution in [2.24, 2.45) is 0 Å². The average molecular weight is 428 g/mol. The minimum Gasteiger partial charge on any atom is -0.464 e. The van der Waals surface area contributed by atoms with Crippen molar-refractivity contribution >= 4 is 33.4 Å². The molecule has 0 unspecified atom stereocenters. The second-order valence-corrected chi connectivity index (χ2v) is 7.66. The van der Waals surface area contributed by atoms with Gasteiger partial charge in [-0.25, -0.2) is 4.79 Å². The highest BCUT2D eigenvalue weighted by Crippen LogP contribution is 2.28. The molecule has 0 saturated heterocycles. The van der Waals surface area contributed by atoms with Crippen LogP contribution in [-0.2, 0) is 30.3 Å². The number of hydrogen-bond donors (Lipinski definition) is 0. The van der Waals surface area contributed by atoms with Crippen molar-refractivity contribution < 1.29 is 27.1 Å². The van der Waals surface area contributed by atoms with Crippen LogP contribution in [0.1, 0.15) is 18.9 Å². The minimum absolute atomic E-state index is 0.0521. The molecule has 0 radical (unpaired) electrons. The van der Waals surface area contributed by atoms with Crippen molar-refractivity contribution in [2.75, 3.05) is 6.61 Å². The highest BCUT2D eigenvalue weighted by molar-refractivity contribution is 7.86. The molecular formula is C18H18ClNO7S. The number of nitro groups is 1. The molecule has 0 aliphatic heterocycles. The highest BCUT2D eigenvalue weighted by atomic mass is 35.5. The molecule has 8 nitrogen and oxygen atoms in total. The van der Waals surface area contributed by atoms with Crippen LogP contribution in [0, 0.1) is 10.1 Å². The Morgan fingerprint density at radius 3 is 2.50 bits per heavy atom. The first-order valence-corrected chi connectivity index (χ1v) is 10.1. The first kappa shape index (κ1) is 21.8. The van der Waals surface area contributed by atoms with Crippen molar-refractivity contribution in [1.29, 1.82) is 0 Å². The summed E-state index contributed by atoms with van der Waals surface area (Å²) in [6.07, 6.45) is -0.960. The smallest absolute Gasteiger partial charge is 0.336 e. The number of nitrogens with zero attached hydrogens (tertiary/aromatic N) is 1. The molecule has 0 aromatic heterocycles. The number of nitro benzene ring substituents is 1. The second-order valence-electron chi connectivity index (χ2n) is 5.69. The van der Waals surface area contributed by atoms with Gasteiger partial charge in [0.25, 0.3) is 15.8 Å². The van der Waals surface area contributed by atoms with Crippen LogP contribution in [-0.4, -0.2) is 32.0 Å². The maximum absolute atomic E-state index is 12.6. The van der Waals surface area contributed by atoms with Gasteiger partial charge in [0.1, 0.15) is 9.92 Å². The molecule has 0 fully saturated rings. The summed E-state index contributed by atoms with van der Waals surface area (Å²) in [4.78, 5) is 21.9. The van der Waals surface area contributed by atoms with E-state index in [-0.39, 0.29) is 18.1 Å². The molecule has 0 aliphatic rings. The van der Waals surface area contributed by atoms with Crippen molar-refractivity contribution in [3.05, 3.63) is 69.2 Å². The van der Waals surface area contributed by atoms with Crippen molar-refractivity contribution in [3.63, 3.8) is 0 Å². The fourth-order valence-corrected chi connectivity index (χ4v) is 3.65. The zero-order valence-electron chi connectivity index (χ0n) is 14.9. The van der Waals surface area contributed by atoms with Gasteiger partial charge in [-0.1, -0.05) is 41.9 Å². The summed E-state index contributed by atoms with van der Waals surface area (Å²) < 4.78 is 35.1. The molecule has 0 heterocycles. The number of aryl methyl sites for hydroxylation is 1. The molecule has 2 aromatic rings. The predicted octanol–water partition coefficient (Wildman–Crippen LogP) is 3.52. The summed E-state index contributed by atoms with van der Waals surface area (Å²) in [5.74, 6) is -0.828. The molecule has 0 saturated carbocycles. The largest absolute Gasteiger partial charge is 0.464 e. The molecule has 2 rings (SSSR count). The third-order valence-corrected chi connectivity index (χ3v) is 5.37. The lowest BCUT2D eigenvalue weighted by molar-refractivity contribution is -0.384. The van der Waals surface area contributed by atoms with Crippen LogP contribution >= 0.6 is 11.6 Å². The SMILES string of the molecule is CCOC(=O)[C@@H](CCc1ccccc1)OS(=O)(=O)c1ccc(Cl)c([N+](=O)[O-])c1. The van der Waals surface area contributed by atoms with Gasteiger partial charge in [0.2, 0.25) is 0 Å². The number of rotatable bonds is 9. The number of carbonyl (C=O) groups excluding carboxylic acids is 1. The molecule has 150 valence electrons. The molecule has 28 heavy (non-hydrogen) atoms. The van der Waals surface area contributed by atoms with Gasteiger partial charge in [-0.2, -0.15) is 8.42 Å². The Balaban J connectivity index is 2.25. The molecule has 0 spiro atoms.